The third-order valence-electron chi connectivity index (χ3n) is 2.29. The highest BCUT2D eigenvalue weighted by molar-refractivity contribution is 5.79. The number of aromatic nitrogens is 1. The second kappa shape index (κ2) is 4.16. The van der Waals surface area contributed by atoms with Gasteiger partial charge < -0.3 is 15.4 Å². The molecule has 1 aromatic heterocycles. The Kier molecular flexibility index (Phi) is 2.71. The van der Waals surface area contributed by atoms with Crippen molar-refractivity contribution >= 4 is 11.6 Å². The van der Waals surface area contributed by atoms with E-state index < -0.39 is 0 Å². The van der Waals surface area contributed by atoms with Gasteiger partial charge in [-0.3, -0.25) is 4.79 Å². The molecule has 1 saturated heterocycles. The topological polar surface area (TPSA) is 63.2 Å². The Morgan fingerprint density at radius 1 is 1.67 bits per heavy atom. The molecule has 0 spiro atoms. The number of pyridine rings is 1. The fourth-order valence-electron chi connectivity index (χ4n) is 1.55. The minimum absolute atomic E-state index is 0.0912. The van der Waals surface area contributed by atoms with Gasteiger partial charge in [0.25, 0.3) is 0 Å². The maximum absolute atomic E-state index is 11.0. The number of methoxy groups -OCH3 is 1. The summed E-state index contributed by atoms with van der Waals surface area (Å²) in [5.74, 6) is 0.658. The molecule has 80 valence electrons. The van der Waals surface area contributed by atoms with Crippen LogP contribution in [0.4, 0.5) is 5.69 Å². The predicted molar refractivity (Wildman–Crippen MR) is 55.8 cm³/mol. The number of ether oxygens (including phenoxy) is 1. The summed E-state index contributed by atoms with van der Waals surface area (Å²) in [6, 6.07) is 3.82. The smallest absolute Gasteiger partial charge is 0.222 e. The van der Waals surface area contributed by atoms with Crippen molar-refractivity contribution in [3.05, 3.63) is 18.3 Å². The average Bonchev–Trinajstić information content (AvgIpc) is 2.64. The number of carbonyl (C=O) groups is 1. The molecule has 2 N–H and O–H groups in total. The third kappa shape index (κ3) is 2.37. The van der Waals surface area contributed by atoms with Gasteiger partial charge >= 0.3 is 0 Å². The number of hydrogen-bond acceptors (Lipinski definition) is 4. The van der Waals surface area contributed by atoms with Gasteiger partial charge in [-0.1, -0.05) is 0 Å². The van der Waals surface area contributed by atoms with Crippen LogP contribution in [0.2, 0.25) is 0 Å². The van der Waals surface area contributed by atoms with E-state index in [1.165, 1.54) is 0 Å². The van der Waals surface area contributed by atoms with Crippen molar-refractivity contribution in [2.75, 3.05) is 19.0 Å². The van der Waals surface area contributed by atoms with Gasteiger partial charge in [0.1, 0.15) is 0 Å². The number of amides is 1. The lowest BCUT2D eigenvalue weighted by Gasteiger charge is -2.12. The third-order valence-corrected chi connectivity index (χ3v) is 2.29. The molecule has 0 aromatic carbocycles. The van der Waals surface area contributed by atoms with E-state index in [4.69, 9.17) is 4.74 Å². The van der Waals surface area contributed by atoms with E-state index >= 15 is 0 Å². The van der Waals surface area contributed by atoms with Crippen LogP contribution >= 0.6 is 0 Å². The van der Waals surface area contributed by atoms with Crippen molar-refractivity contribution in [2.45, 2.75) is 12.5 Å². The van der Waals surface area contributed by atoms with Crippen molar-refractivity contribution in [3.63, 3.8) is 0 Å². The number of rotatable bonds is 3. The molecular formula is C10H13N3O2. The first-order valence-corrected chi connectivity index (χ1v) is 4.81. The molecule has 0 aliphatic carbocycles. The second-order valence-electron chi connectivity index (χ2n) is 3.44. The summed E-state index contributed by atoms with van der Waals surface area (Å²) in [7, 11) is 1.58. The lowest BCUT2D eigenvalue weighted by Crippen LogP contribution is -2.22. The van der Waals surface area contributed by atoms with Gasteiger partial charge in [-0.15, -0.1) is 0 Å². The van der Waals surface area contributed by atoms with Crippen molar-refractivity contribution in [1.29, 1.82) is 0 Å². The summed E-state index contributed by atoms with van der Waals surface area (Å²) < 4.78 is 5.01. The van der Waals surface area contributed by atoms with E-state index in [1.54, 1.807) is 13.3 Å². The highest BCUT2D eigenvalue weighted by Gasteiger charge is 2.20. The van der Waals surface area contributed by atoms with Crippen molar-refractivity contribution in [3.8, 4) is 5.88 Å². The van der Waals surface area contributed by atoms with Crippen LogP contribution in [0.5, 0.6) is 5.88 Å². The molecule has 2 rings (SSSR count). The highest BCUT2D eigenvalue weighted by atomic mass is 16.5. The molecule has 0 saturated carbocycles. The number of nitrogens with one attached hydrogen (secondary N) is 2. The number of hydrogen-bond donors (Lipinski definition) is 2. The molecule has 0 radical (unpaired) electrons. The highest BCUT2D eigenvalue weighted by Crippen LogP contribution is 2.16. The zero-order valence-corrected chi connectivity index (χ0v) is 8.49. The summed E-state index contributed by atoms with van der Waals surface area (Å²) in [5.41, 5.74) is 0.920. The summed E-state index contributed by atoms with van der Waals surface area (Å²) in [5, 5.41) is 6.01. The monoisotopic (exact) mass is 207 g/mol. The molecular weight excluding hydrogens is 194 g/mol. The fraction of sp³-hybridized carbons (Fsp3) is 0.400. The minimum atomic E-state index is 0.0912. The van der Waals surface area contributed by atoms with Crippen LogP contribution in [0, 0.1) is 0 Å². The molecule has 1 unspecified atom stereocenters. The average molecular weight is 207 g/mol. The van der Waals surface area contributed by atoms with Crippen molar-refractivity contribution < 1.29 is 9.53 Å². The van der Waals surface area contributed by atoms with Gasteiger partial charge in [0, 0.05) is 30.9 Å². The van der Waals surface area contributed by atoms with E-state index in [0.29, 0.717) is 18.8 Å². The van der Waals surface area contributed by atoms with Gasteiger partial charge in [0.05, 0.1) is 13.2 Å². The second-order valence-corrected chi connectivity index (χ2v) is 3.44. The molecule has 1 fully saturated rings. The lowest BCUT2D eigenvalue weighted by molar-refractivity contribution is -0.119. The Hall–Kier alpha value is -1.78. The Balaban J connectivity index is 2.01. The van der Waals surface area contributed by atoms with Crippen LogP contribution in [-0.4, -0.2) is 30.6 Å². The SMILES string of the molecule is COc1cc(NC2CNC(=O)C2)ccn1. The van der Waals surface area contributed by atoms with Gasteiger partial charge in [0.15, 0.2) is 0 Å². The standard InChI is InChI=1S/C10H13N3O2/c1-15-10-5-7(2-3-11-10)13-8-4-9(14)12-6-8/h2-3,5,8H,4,6H2,1H3,(H,11,13)(H,12,14). The Labute approximate surface area is 87.8 Å². The zero-order chi connectivity index (χ0) is 10.7. The zero-order valence-electron chi connectivity index (χ0n) is 8.49. The molecule has 5 heteroatoms. The molecule has 1 aliphatic heterocycles. The maximum Gasteiger partial charge on any atom is 0.222 e. The predicted octanol–water partition coefficient (Wildman–Crippen LogP) is 0.391. The van der Waals surface area contributed by atoms with Gasteiger partial charge in [-0.2, -0.15) is 0 Å². The first-order valence-electron chi connectivity index (χ1n) is 4.81. The first-order chi connectivity index (χ1) is 7.28. The van der Waals surface area contributed by atoms with Crippen LogP contribution in [0.15, 0.2) is 18.3 Å². The fourth-order valence-corrected chi connectivity index (χ4v) is 1.55. The summed E-state index contributed by atoms with van der Waals surface area (Å²) >= 11 is 0. The van der Waals surface area contributed by atoms with Gasteiger partial charge in [0.2, 0.25) is 11.8 Å². The van der Waals surface area contributed by atoms with Crippen molar-refractivity contribution in [1.82, 2.24) is 10.3 Å². The largest absolute Gasteiger partial charge is 0.481 e. The molecule has 1 amide bonds. The Bertz CT molecular complexity index is 367. The van der Waals surface area contributed by atoms with Crippen LogP contribution < -0.4 is 15.4 Å². The summed E-state index contributed by atoms with van der Waals surface area (Å²) in [6.07, 6.45) is 2.19. The Morgan fingerprint density at radius 2 is 2.53 bits per heavy atom. The molecule has 1 atom stereocenters. The van der Waals surface area contributed by atoms with E-state index in [1.807, 2.05) is 12.1 Å². The van der Waals surface area contributed by atoms with Gasteiger partial charge in [-0.05, 0) is 6.07 Å². The number of anilines is 1. The summed E-state index contributed by atoms with van der Waals surface area (Å²) in [6.45, 7) is 0.670. The van der Waals surface area contributed by atoms with Crippen LogP contribution in [0.1, 0.15) is 6.42 Å². The molecule has 0 bridgehead atoms. The quantitative estimate of drug-likeness (QED) is 0.752. The van der Waals surface area contributed by atoms with Crippen LogP contribution in [0.3, 0.4) is 0 Å². The molecule has 5 nitrogen and oxygen atoms in total. The maximum atomic E-state index is 11.0. The van der Waals surface area contributed by atoms with Crippen LogP contribution in [-0.2, 0) is 4.79 Å². The van der Waals surface area contributed by atoms with E-state index in [2.05, 4.69) is 15.6 Å². The first kappa shape index (κ1) is 9.76. The van der Waals surface area contributed by atoms with E-state index in [9.17, 15) is 4.79 Å². The van der Waals surface area contributed by atoms with Gasteiger partial charge in [-0.25, -0.2) is 4.98 Å². The molecule has 1 aromatic rings. The summed E-state index contributed by atoms with van der Waals surface area (Å²) in [4.78, 5) is 15.0. The Morgan fingerprint density at radius 3 is 3.20 bits per heavy atom. The van der Waals surface area contributed by atoms with E-state index in [0.717, 1.165) is 5.69 Å². The molecule has 2 heterocycles. The number of carbonyl (C=O) groups excluding carboxylic acids is 1. The van der Waals surface area contributed by atoms with Crippen molar-refractivity contribution in [2.24, 2.45) is 0 Å². The molecule has 1 aliphatic rings. The molecule has 15 heavy (non-hydrogen) atoms. The normalized spacial score (nSPS) is 19.8. The van der Waals surface area contributed by atoms with E-state index in [-0.39, 0.29) is 11.9 Å². The number of nitrogens with zero attached hydrogens (tertiary/aromatic N) is 1. The minimum Gasteiger partial charge on any atom is -0.481 e. The lowest BCUT2D eigenvalue weighted by atomic mass is 10.2. The van der Waals surface area contributed by atoms with Crippen LogP contribution in [0.25, 0.3) is 0 Å².